The molecule has 1 saturated heterocycles. The van der Waals surface area contributed by atoms with Crippen LogP contribution >= 0.6 is 11.8 Å². The van der Waals surface area contributed by atoms with Crippen LogP contribution in [0.25, 0.3) is 0 Å². The quantitative estimate of drug-likeness (QED) is 0.676. The molecule has 0 radical (unpaired) electrons. The number of hydrogen-bond donors (Lipinski definition) is 2. The van der Waals surface area contributed by atoms with E-state index in [4.69, 9.17) is 0 Å². The Morgan fingerprint density at radius 2 is 1.82 bits per heavy atom. The number of carbonyl (C=O) groups is 1. The molecule has 1 fully saturated rings. The fourth-order valence-corrected chi connectivity index (χ4v) is 4.05. The average Bonchev–Trinajstić information content (AvgIpc) is 2.69. The zero-order valence-electron chi connectivity index (χ0n) is 17.1. The van der Waals surface area contributed by atoms with Gasteiger partial charge in [0, 0.05) is 48.4 Å². The molecule has 0 unspecified atom stereocenters. The Morgan fingerprint density at radius 3 is 2.46 bits per heavy atom. The van der Waals surface area contributed by atoms with E-state index in [1.165, 1.54) is 29.8 Å². The number of rotatable bonds is 7. The fraction of sp³-hybridized carbons (Fsp3) is 0.435. The number of aryl methyl sites for hydroxylation is 2. The van der Waals surface area contributed by atoms with Crippen LogP contribution in [0.1, 0.15) is 34.3 Å². The Bertz CT molecular complexity index is 783. The number of carbonyl (C=O) groups excluding carboxylic acids is 1. The first kappa shape index (κ1) is 20.7. The van der Waals surface area contributed by atoms with E-state index in [9.17, 15) is 4.79 Å². The van der Waals surface area contributed by atoms with E-state index < -0.39 is 0 Å². The van der Waals surface area contributed by atoms with Crippen molar-refractivity contribution < 1.29 is 4.79 Å². The van der Waals surface area contributed by atoms with Crippen molar-refractivity contribution in [3.63, 3.8) is 0 Å². The van der Waals surface area contributed by atoms with Crippen LogP contribution in [0.4, 0.5) is 11.4 Å². The summed E-state index contributed by atoms with van der Waals surface area (Å²) < 4.78 is 0. The summed E-state index contributed by atoms with van der Waals surface area (Å²) in [6.45, 7) is 7.26. The Hall–Kier alpha value is -1.98. The number of nitrogens with zero attached hydrogens (tertiary/aromatic N) is 1. The van der Waals surface area contributed by atoms with Crippen LogP contribution in [0.5, 0.6) is 0 Å². The minimum atomic E-state index is -0.0534. The van der Waals surface area contributed by atoms with Crippen molar-refractivity contribution in [2.45, 2.75) is 32.7 Å². The molecule has 0 atom stereocenters. The van der Waals surface area contributed by atoms with Crippen molar-refractivity contribution in [1.82, 2.24) is 5.32 Å². The van der Waals surface area contributed by atoms with E-state index in [2.05, 4.69) is 33.9 Å². The number of amides is 1. The number of thioether (sulfide) groups is 1. The van der Waals surface area contributed by atoms with Crippen molar-refractivity contribution in [2.24, 2.45) is 0 Å². The number of benzene rings is 2. The SMILES string of the molecule is CSCCNC1CCN(c2ccc(NC(=O)c3ccc(C)cc3C)cc2)CC1. The highest BCUT2D eigenvalue weighted by Crippen LogP contribution is 2.23. The smallest absolute Gasteiger partial charge is 0.255 e. The van der Waals surface area contributed by atoms with Gasteiger partial charge in [-0.15, -0.1) is 0 Å². The standard InChI is InChI=1S/C23H31N3OS/c1-17-4-9-22(18(2)16-17)23(27)25-20-5-7-21(8-6-20)26-13-10-19(11-14-26)24-12-15-28-3/h4-9,16,19,24H,10-15H2,1-3H3,(H,25,27). The maximum absolute atomic E-state index is 12.5. The zero-order valence-corrected chi connectivity index (χ0v) is 17.9. The summed E-state index contributed by atoms with van der Waals surface area (Å²) in [4.78, 5) is 15.0. The molecule has 2 aromatic rings. The predicted molar refractivity (Wildman–Crippen MR) is 122 cm³/mol. The molecule has 0 aromatic heterocycles. The third kappa shape index (κ3) is 5.52. The van der Waals surface area contributed by atoms with Crippen LogP contribution in [0, 0.1) is 13.8 Å². The summed E-state index contributed by atoms with van der Waals surface area (Å²) in [6, 6.07) is 14.8. The second-order valence-corrected chi connectivity index (χ2v) is 8.51. The summed E-state index contributed by atoms with van der Waals surface area (Å²) in [6.07, 6.45) is 4.51. The van der Waals surface area contributed by atoms with Gasteiger partial charge in [0.05, 0.1) is 0 Å². The Labute approximate surface area is 173 Å². The van der Waals surface area contributed by atoms with Gasteiger partial charge in [-0.05, 0) is 68.8 Å². The van der Waals surface area contributed by atoms with Gasteiger partial charge < -0.3 is 15.5 Å². The molecule has 1 aliphatic heterocycles. The van der Waals surface area contributed by atoms with Crippen molar-refractivity contribution >= 4 is 29.0 Å². The molecule has 0 bridgehead atoms. The Kier molecular flexibility index (Phi) is 7.40. The summed E-state index contributed by atoms with van der Waals surface area (Å²) in [5, 5.41) is 6.67. The van der Waals surface area contributed by atoms with E-state index in [0.29, 0.717) is 6.04 Å². The average molecular weight is 398 g/mol. The predicted octanol–water partition coefficient (Wildman–Crippen LogP) is 4.48. The van der Waals surface area contributed by atoms with Crippen LogP contribution in [0.15, 0.2) is 42.5 Å². The summed E-state index contributed by atoms with van der Waals surface area (Å²) in [5.74, 6) is 1.12. The Balaban J connectivity index is 1.53. The Morgan fingerprint density at radius 1 is 1.11 bits per heavy atom. The van der Waals surface area contributed by atoms with E-state index in [1.807, 2.05) is 55.9 Å². The van der Waals surface area contributed by atoms with Gasteiger partial charge in [-0.25, -0.2) is 0 Å². The van der Waals surface area contributed by atoms with Crippen LogP contribution in [0.2, 0.25) is 0 Å². The maximum Gasteiger partial charge on any atom is 0.255 e. The molecule has 28 heavy (non-hydrogen) atoms. The first-order chi connectivity index (χ1) is 13.6. The largest absolute Gasteiger partial charge is 0.371 e. The maximum atomic E-state index is 12.5. The van der Waals surface area contributed by atoms with Gasteiger partial charge in [0.2, 0.25) is 0 Å². The first-order valence-electron chi connectivity index (χ1n) is 10.0. The molecule has 4 nitrogen and oxygen atoms in total. The summed E-state index contributed by atoms with van der Waals surface area (Å²) in [5.41, 5.74) is 4.96. The lowest BCUT2D eigenvalue weighted by Gasteiger charge is -2.34. The molecule has 0 aliphatic carbocycles. The molecule has 5 heteroatoms. The van der Waals surface area contributed by atoms with Gasteiger partial charge in [-0.3, -0.25) is 4.79 Å². The fourth-order valence-electron chi connectivity index (χ4n) is 3.73. The third-order valence-electron chi connectivity index (χ3n) is 5.35. The first-order valence-corrected chi connectivity index (χ1v) is 11.4. The van der Waals surface area contributed by atoms with Crippen molar-refractivity contribution in [3.05, 3.63) is 59.2 Å². The highest BCUT2D eigenvalue weighted by atomic mass is 32.2. The van der Waals surface area contributed by atoms with E-state index >= 15 is 0 Å². The van der Waals surface area contributed by atoms with Gasteiger partial charge in [0.25, 0.3) is 5.91 Å². The number of nitrogens with one attached hydrogen (secondary N) is 2. The number of piperidine rings is 1. The van der Waals surface area contributed by atoms with Crippen LogP contribution in [-0.2, 0) is 0 Å². The molecule has 0 saturated carbocycles. The van der Waals surface area contributed by atoms with Crippen molar-refractivity contribution in [2.75, 3.05) is 41.9 Å². The molecular formula is C23H31N3OS. The normalized spacial score (nSPS) is 14.9. The molecule has 2 N–H and O–H groups in total. The highest BCUT2D eigenvalue weighted by Gasteiger charge is 2.19. The summed E-state index contributed by atoms with van der Waals surface area (Å²) >= 11 is 1.89. The minimum Gasteiger partial charge on any atom is -0.371 e. The zero-order chi connectivity index (χ0) is 19.9. The van der Waals surface area contributed by atoms with Gasteiger partial charge in [0.1, 0.15) is 0 Å². The van der Waals surface area contributed by atoms with E-state index in [0.717, 1.165) is 36.4 Å². The molecule has 150 valence electrons. The molecule has 1 aliphatic rings. The summed E-state index contributed by atoms with van der Waals surface area (Å²) in [7, 11) is 0. The van der Waals surface area contributed by atoms with Gasteiger partial charge in [-0.2, -0.15) is 11.8 Å². The molecule has 0 spiro atoms. The second kappa shape index (κ2) is 9.99. The topological polar surface area (TPSA) is 44.4 Å². The molecule has 1 heterocycles. The molecule has 3 rings (SSSR count). The van der Waals surface area contributed by atoms with Gasteiger partial charge >= 0.3 is 0 Å². The van der Waals surface area contributed by atoms with Crippen molar-refractivity contribution in [1.29, 1.82) is 0 Å². The molecule has 2 aromatic carbocycles. The van der Waals surface area contributed by atoms with E-state index in [1.54, 1.807) is 0 Å². The highest BCUT2D eigenvalue weighted by molar-refractivity contribution is 7.98. The monoisotopic (exact) mass is 397 g/mol. The van der Waals surface area contributed by atoms with Gasteiger partial charge in [0.15, 0.2) is 0 Å². The van der Waals surface area contributed by atoms with Crippen LogP contribution < -0.4 is 15.5 Å². The lowest BCUT2D eigenvalue weighted by molar-refractivity contribution is 0.102. The number of anilines is 2. The lowest BCUT2D eigenvalue weighted by Crippen LogP contribution is -2.43. The molecular weight excluding hydrogens is 366 g/mol. The number of hydrogen-bond acceptors (Lipinski definition) is 4. The molecule has 1 amide bonds. The van der Waals surface area contributed by atoms with Crippen LogP contribution in [0.3, 0.4) is 0 Å². The van der Waals surface area contributed by atoms with E-state index in [-0.39, 0.29) is 5.91 Å². The third-order valence-corrected chi connectivity index (χ3v) is 5.96. The van der Waals surface area contributed by atoms with Crippen molar-refractivity contribution in [3.8, 4) is 0 Å². The van der Waals surface area contributed by atoms with Crippen LogP contribution in [-0.4, -0.2) is 43.6 Å². The minimum absolute atomic E-state index is 0.0534. The van der Waals surface area contributed by atoms with Gasteiger partial charge in [-0.1, -0.05) is 17.7 Å². The lowest BCUT2D eigenvalue weighted by atomic mass is 10.0. The second-order valence-electron chi connectivity index (χ2n) is 7.53.